The molecular formula is C21H36N2O2. The second kappa shape index (κ2) is 8.22. The van der Waals surface area contributed by atoms with E-state index in [9.17, 15) is 9.90 Å². The summed E-state index contributed by atoms with van der Waals surface area (Å²) in [6.45, 7) is 8.77. The molecule has 4 nitrogen and oxygen atoms in total. The second-order valence-corrected chi connectivity index (χ2v) is 8.88. The number of likely N-dealkylation sites (tertiary alicyclic amines) is 2. The van der Waals surface area contributed by atoms with Gasteiger partial charge in [0.15, 0.2) is 0 Å². The van der Waals surface area contributed by atoms with Gasteiger partial charge in [-0.25, -0.2) is 0 Å². The van der Waals surface area contributed by atoms with E-state index in [1.54, 1.807) is 0 Å². The van der Waals surface area contributed by atoms with Crippen LogP contribution in [0.2, 0.25) is 0 Å². The van der Waals surface area contributed by atoms with Gasteiger partial charge in [0.2, 0.25) is 5.91 Å². The molecule has 142 valence electrons. The van der Waals surface area contributed by atoms with Gasteiger partial charge in [-0.05, 0) is 46.0 Å². The van der Waals surface area contributed by atoms with E-state index in [4.69, 9.17) is 0 Å². The van der Waals surface area contributed by atoms with Gasteiger partial charge in [0.05, 0.1) is 6.10 Å². The first-order valence-corrected chi connectivity index (χ1v) is 10.3. The molecule has 0 bridgehead atoms. The number of aliphatic hydroxyl groups is 1. The first kappa shape index (κ1) is 18.9. The number of aliphatic hydroxyl groups excluding tert-OH is 1. The van der Waals surface area contributed by atoms with Gasteiger partial charge >= 0.3 is 0 Å². The van der Waals surface area contributed by atoms with Gasteiger partial charge in [0.25, 0.3) is 0 Å². The van der Waals surface area contributed by atoms with E-state index in [1.807, 2.05) is 0 Å². The van der Waals surface area contributed by atoms with Crippen molar-refractivity contribution in [2.75, 3.05) is 32.7 Å². The Kier molecular flexibility index (Phi) is 6.21. The van der Waals surface area contributed by atoms with Gasteiger partial charge < -0.3 is 10.0 Å². The zero-order chi connectivity index (χ0) is 17.9. The fourth-order valence-electron chi connectivity index (χ4n) is 5.07. The Balaban J connectivity index is 1.66. The number of nitrogens with zero attached hydrogens (tertiary/aromatic N) is 2. The molecule has 1 saturated carbocycles. The Hall–Kier alpha value is -0.870. The van der Waals surface area contributed by atoms with Crippen molar-refractivity contribution in [2.24, 2.45) is 11.3 Å². The van der Waals surface area contributed by atoms with Crippen LogP contribution in [-0.4, -0.2) is 59.6 Å². The molecule has 3 aliphatic rings. The molecule has 3 rings (SSSR count). The summed E-state index contributed by atoms with van der Waals surface area (Å²) in [4.78, 5) is 17.6. The number of hydrogen-bond acceptors (Lipinski definition) is 3. The number of rotatable bonds is 3. The fraction of sp³-hybridized carbons (Fsp3) is 0.857. The highest BCUT2D eigenvalue weighted by Crippen LogP contribution is 2.40. The molecule has 1 aliphatic carbocycles. The first-order chi connectivity index (χ1) is 12.0. The molecule has 2 saturated heterocycles. The Morgan fingerprint density at radius 2 is 1.84 bits per heavy atom. The lowest BCUT2D eigenvalue weighted by atomic mass is 9.71. The number of hydrogen-bond donors (Lipinski definition) is 1. The van der Waals surface area contributed by atoms with Gasteiger partial charge in [0.1, 0.15) is 0 Å². The van der Waals surface area contributed by atoms with Gasteiger partial charge in [-0.1, -0.05) is 30.9 Å². The largest absolute Gasteiger partial charge is 0.392 e. The Labute approximate surface area is 153 Å². The summed E-state index contributed by atoms with van der Waals surface area (Å²) < 4.78 is 0. The summed E-state index contributed by atoms with van der Waals surface area (Å²) in [6, 6.07) is 0. The van der Waals surface area contributed by atoms with Crippen LogP contribution in [0.1, 0.15) is 65.2 Å². The second-order valence-electron chi connectivity index (χ2n) is 8.88. The summed E-state index contributed by atoms with van der Waals surface area (Å²) in [5, 5.41) is 10.8. The van der Waals surface area contributed by atoms with Crippen molar-refractivity contribution in [2.45, 2.75) is 71.3 Å². The van der Waals surface area contributed by atoms with Gasteiger partial charge in [-0.3, -0.25) is 9.69 Å². The molecule has 1 spiro atoms. The SMILES string of the molecule is CC(C)=CCN1CC[C@@H](O)[C@]2(CCCN(C(=O)C3CCCCC3)C2)C1. The first-order valence-electron chi connectivity index (χ1n) is 10.3. The van der Waals surface area contributed by atoms with Crippen molar-refractivity contribution in [1.82, 2.24) is 9.80 Å². The van der Waals surface area contributed by atoms with Crippen LogP contribution in [0.3, 0.4) is 0 Å². The third kappa shape index (κ3) is 4.46. The van der Waals surface area contributed by atoms with E-state index in [-0.39, 0.29) is 17.4 Å². The molecular weight excluding hydrogens is 312 g/mol. The molecule has 0 aromatic carbocycles. The zero-order valence-electron chi connectivity index (χ0n) is 16.2. The van der Waals surface area contributed by atoms with Gasteiger partial charge in [-0.2, -0.15) is 0 Å². The summed E-state index contributed by atoms with van der Waals surface area (Å²) >= 11 is 0. The lowest BCUT2D eigenvalue weighted by molar-refractivity contribution is -0.146. The lowest BCUT2D eigenvalue weighted by Crippen LogP contribution is -2.60. The van der Waals surface area contributed by atoms with Crippen molar-refractivity contribution in [3.63, 3.8) is 0 Å². The minimum absolute atomic E-state index is 0.115. The highest BCUT2D eigenvalue weighted by molar-refractivity contribution is 5.79. The van der Waals surface area contributed by atoms with E-state index >= 15 is 0 Å². The van der Waals surface area contributed by atoms with Crippen LogP contribution in [0, 0.1) is 11.3 Å². The number of carbonyl (C=O) groups excluding carboxylic acids is 1. The molecule has 4 heteroatoms. The van der Waals surface area contributed by atoms with E-state index in [2.05, 4.69) is 29.7 Å². The number of piperidine rings is 2. The van der Waals surface area contributed by atoms with Crippen LogP contribution >= 0.6 is 0 Å². The highest BCUT2D eigenvalue weighted by Gasteiger charge is 2.46. The topological polar surface area (TPSA) is 43.8 Å². The quantitative estimate of drug-likeness (QED) is 0.797. The summed E-state index contributed by atoms with van der Waals surface area (Å²) in [5.74, 6) is 0.610. The molecule has 0 unspecified atom stereocenters. The van der Waals surface area contributed by atoms with Crippen LogP contribution in [0.25, 0.3) is 0 Å². The zero-order valence-corrected chi connectivity index (χ0v) is 16.2. The third-order valence-corrected chi connectivity index (χ3v) is 6.60. The van der Waals surface area contributed by atoms with Crippen LogP contribution in [-0.2, 0) is 4.79 Å². The monoisotopic (exact) mass is 348 g/mol. The molecule has 2 aliphatic heterocycles. The van der Waals surface area contributed by atoms with Crippen LogP contribution in [0.15, 0.2) is 11.6 Å². The van der Waals surface area contributed by atoms with Crippen molar-refractivity contribution >= 4 is 5.91 Å². The number of carbonyl (C=O) groups is 1. The molecule has 25 heavy (non-hydrogen) atoms. The maximum Gasteiger partial charge on any atom is 0.225 e. The predicted octanol–water partition coefficient (Wildman–Crippen LogP) is 3.21. The van der Waals surface area contributed by atoms with Crippen molar-refractivity contribution in [3.8, 4) is 0 Å². The molecule has 2 heterocycles. The fourth-order valence-corrected chi connectivity index (χ4v) is 5.07. The lowest BCUT2D eigenvalue weighted by Gasteiger charge is -2.51. The molecule has 2 atom stereocenters. The molecule has 1 amide bonds. The van der Waals surface area contributed by atoms with Crippen molar-refractivity contribution in [3.05, 3.63) is 11.6 Å². The average Bonchev–Trinajstić information content (AvgIpc) is 2.63. The normalized spacial score (nSPS) is 32.0. The van der Waals surface area contributed by atoms with E-state index in [1.165, 1.54) is 24.8 Å². The Bertz CT molecular complexity index is 494. The summed E-state index contributed by atoms with van der Waals surface area (Å²) in [7, 11) is 0. The average molecular weight is 349 g/mol. The standard InChI is InChI=1S/C21H36N2O2/c1-17(2)9-13-22-14-10-19(24)21(15-22)11-6-12-23(16-21)20(25)18-7-4-3-5-8-18/h9,18-19,24H,3-8,10-16H2,1-2H3/t19-,21-/m1/s1. The molecule has 0 radical (unpaired) electrons. The summed E-state index contributed by atoms with van der Waals surface area (Å²) in [5.41, 5.74) is 1.23. The van der Waals surface area contributed by atoms with Crippen molar-refractivity contribution in [1.29, 1.82) is 0 Å². The summed E-state index contributed by atoms with van der Waals surface area (Å²) in [6.07, 6.45) is 10.8. The minimum Gasteiger partial charge on any atom is -0.392 e. The number of amides is 1. The smallest absolute Gasteiger partial charge is 0.225 e. The maximum absolute atomic E-state index is 13.0. The van der Waals surface area contributed by atoms with Gasteiger partial charge in [0, 0.05) is 44.1 Å². The number of allylic oxidation sites excluding steroid dienone is 1. The highest BCUT2D eigenvalue weighted by atomic mass is 16.3. The minimum atomic E-state index is -0.266. The van der Waals surface area contributed by atoms with Crippen LogP contribution in [0.4, 0.5) is 0 Å². The molecule has 0 aromatic heterocycles. The predicted molar refractivity (Wildman–Crippen MR) is 101 cm³/mol. The molecule has 1 N–H and O–H groups in total. The maximum atomic E-state index is 13.0. The van der Waals surface area contributed by atoms with Gasteiger partial charge in [-0.15, -0.1) is 0 Å². The Morgan fingerprint density at radius 3 is 2.56 bits per heavy atom. The molecule has 0 aromatic rings. The van der Waals surface area contributed by atoms with Crippen molar-refractivity contribution < 1.29 is 9.90 Å². The van der Waals surface area contributed by atoms with E-state index in [0.29, 0.717) is 5.91 Å². The third-order valence-electron chi connectivity index (χ3n) is 6.60. The Morgan fingerprint density at radius 1 is 1.08 bits per heavy atom. The van der Waals surface area contributed by atoms with Crippen LogP contribution in [0.5, 0.6) is 0 Å². The van der Waals surface area contributed by atoms with Crippen LogP contribution < -0.4 is 0 Å². The molecule has 3 fully saturated rings. The van der Waals surface area contributed by atoms with E-state index < -0.39 is 0 Å². The van der Waals surface area contributed by atoms with E-state index in [0.717, 1.165) is 64.8 Å².